The summed E-state index contributed by atoms with van der Waals surface area (Å²) in [6, 6.07) is 0.839. The number of rotatable bonds is 5. The van der Waals surface area contributed by atoms with Crippen LogP contribution in [-0.4, -0.2) is 56.1 Å². The summed E-state index contributed by atoms with van der Waals surface area (Å²) >= 11 is 7.06. The van der Waals surface area contributed by atoms with E-state index in [9.17, 15) is 18.3 Å². The lowest BCUT2D eigenvalue weighted by Gasteiger charge is -2.31. The lowest BCUT2D eigenvalue weighted by Crippen LogP contribution is -2.39. The van der Waals surface area contributed by atoms with Gasteiger partial charge in [-0.05, 0) is 37.9 Å². The normalized spacial score (nSPS) is 18.5. The molecule has 1 N–H and O–H groups in total. The molecule has 1 aliphatic rings. The highest BCUT2D eigenvalue weighted by Crippen LogP contribution is 2.33. The number of thioether (sulfide) groups is 1. The van der Waals surface area contributed by atoms with Crippen LogP contribution >= 0.6 is 23.4 Å². The molecule has 10 heteroatoms. The number of piperidine rings is 1. The molecule has 0 amide bonds. The van der Waals surface area contributed by atoms with Gasteiger partial charge in [-0.1, -0.05) is 30.3 Å². The molecule has 0 bridgehead atoms. The van der Waals surface area contributed by atoms with Gasteiger partial charge in [0.25, 0.3) is 0 Å². The van der Waals surface area contributed by atoms with Crippen LogP contribution in [0.1, 0.15) is 25.3 Å². The molecule has 2 aromatic heterocycles. The summed E-state index contributed by atoms with van der Waals surface area (Å²) in [4.78, 5) is 2.21. The molecule has 1 atom stereocenters. The van der Waals surface area contributed by atoms with Crippen molar-refractivity contribution in [3.05, 3.63) is 22.8 Å². The molecule has 1 saturated heterocycles. The summed E-state index contributed by atoms with van der Waals surface area (Å²) < 4.78 is 40.1. The van der Waals surface area contributed by atoms with Crippen LogP contribution in [0.15, 0.2) is 17.4 Å². The van der Waals surface area contributed by atoms with E-state index in [4.69, 9.17) is 11.6 Å². The van der Waals surface area contributed by atoms with E-state index in [1.54, 1.807) is 0 Å². The monoisotopic (exact) mass is 408 g/mol. The molecule has 5 nitrogen and oxygen atoms in total. The van der Waals surface area contributed by atoms with Gasteiger partial charge in [0.1, 0.15) is 0 Å². The van der Waals surface area contributed by atoms with Gasteiger partial charge in [0.15, 0.2) is 10.8 Å². The Bertz CT molecular complexity index is 762. The number of hydrogen-bond acceptors (Lipinski definition) is 5. The Balaban J connectivity index is 1.66. The van der Waals surface area contributed by atoms with Crippen LogP contribution in [0.5, 0.6) is 0 Å². The average Bonchev–Trinajstić information content (AvgIpc) is 2.98. The Hall–Kier alpha value is -1.03. The molecule has 0 radical (unpaired) electrons. The highest BCUT2D eigenvalue weighted by atomic mass is 35.5. The van der Waals surface area contributed by atoms with Crippen molar-refractivity contribution in [3.8, 4) is 0 Å². The number of hydrogen-bond donors (Lipinski definition) is 1. The van der Waals surface area contributed by atoms with Crippen molar-refractivity contribution in [3.63, 3.8) is 0 Å². The van der Waals surface area contributed by atoms with E-state index in [-0.39, 0.29) is 15.8 Å². The van der Waals surface area contributed by atoms with Crippen LogP contribution in [0, 0.1) is 5.92 Å². The molecule has 144 valence electrons. The average molecular weight is 409 g/mol. The van der Waals surface area contributed by atoms with E-state index in [2.05, 4.69) is 22.0 Å². The van der Waals surface area contributed by atoms with E-state index in [1.165, 1.54) is 16.2 Å². The van der Waals surface area contributed by atoms with E-state index >= 15 is 0 Å². The summed E-state index contributed by atoms with van der Waals surface area (Å²) in [5.41, 5.74) is -0.693. The topological polar surface area (TPSA) is 53.7 Å². The molecule has 1 unspecified atom stereocenters. The van der Waals surface area contributed by atoms with Crippen LogP contribution < -0.4 is 0 Å². The van der Waals surface area contributed by atoms with E-state index in [0.29, 0.717) is 18.2 Å². The number of likely N-dealkylation sites (tertiary alicyclic amines) is 1. The second-order valence-electron chi connectivity index (χ2n) is 6.70. The largest absolute Gasteiger partial charge is 0.417 e. The van der Waals surface area contributed by atoms with Crippen LogP contribution in [0.3, 0.4) is 0 Å². The maximum atomic E-state index is 13.0. The van der Waals surface area contributed by atoms with Gasteiger partial charge in [-0.2, -0.15) is 13.2 Å². The molecule has 3 heterocycles. The lowest BCUT2D eigenvalue weighted by atomic mass is 9.99. The Morgan fingerprint density at radius 1 is 1.35 bits per heavy atom. The zero-order chi connectivity index (χ0) is 18.9. The summed E-state index contributed by atoms with van der Waals surface area (Å²) in [5, 5.41) is 18.2. The number of halogens is 4. The van der Waals surface area contributed by atoms with Crippen LogP contribution in [0.4, 0.5) is 13.2 Å². The van der Waals surface area contributed by atoms with E-state index in [1.807, 2.05) is 0 Å². The smallest absolute Gasteiger partial charge is 0.391 e. The van der Waals surface area contributed by atoms with Crippen LogP contribution in [0.25, 0.3) is 5.65 Å². The predicted molar refractivity (Wildman–Crippen MR) is 94.6 cm³/mol. The molecule has 1 aliphatic heterocycles. The van der Waals surface area contributed by atoms with Crippen molar-refractivity contribution >= 4 is 29.0 Å². The molecular formula is C16H20ClF3N4OS. The first kappa shape index (κ1) is 19.7. The van der Waals surface area contributed by atoms with Crippen LogP contribution in [0.2, 0.25) is 5.02 Å². The molecule has 0 aliphatic carbocycles. The van der Waals surface area contributed by atoms with Crippen molar-refractivity contribution in [1.82, 2.24) is 19.5 Å². The summed E-state index contributed by atoms with van der Waals surface area (Å²) in [6.45, 7) is 4.69. The zero-order valence-electron chi connectivity index (χ0n) is 14.2. The summed E-state index contributed by atoms with van der Waals surface area (Å²) in [6.07, 6.45) is -1.93. The number of aliphatic hydroxyl groups is 1. The highest BCUT2D eigenvalue weighted by molar-refractivity contribution is 7.99. The third-order valence-corrected chi connectivity index (χ3v) is 5.87. The standard InChI is InChI=1S/C16H20ClF3N4OS/c1-10-2-4-23(5-3-10)8-12(25)9-26-15-22-21-14-13(17)6-11(7-24(14)15)16(18,19)20/h6-7,10,12,25H,2-5,8-9H2,1H3. The quantitative estimate of drug-likeness (QED) is 0.766. The molecule has 0 aromatic carbocycles. The molecule has 2 aromatic rings. The fourth-order valence-corrected chi connectivity index (χ4v) is 4.02. The molecule has 0 saturated carbocycles. The van der Waals surface area contributed by atoms with Crippen LogP contribution in [-0.2, 0) is 6.18 Å². The van der Waals surface area contributed by atoms with Gasteiger partial charge in [0, 0.05) is 18.5 Å². The number of nitrogens with zero attached hydrogens (tertiary/aromatic N) is 4. The van der Waals surface area contributed by atoms with Gasteiger partial charge in [0.2, 0.25) is 0 Å². The second-order valence-corrected chi connectivity index (χ2v) is 8.09. The van der Waals surface area contributed by atoms with Crippen molar-refractivity contribution in [1.29, 1.82) is 0 Å². The maximum Gasteiger partial charge on any atom is 0.417 e. The van der Waals surface area contributed by atoms with Crippen molar-refractivity contribution < 1.29 is 18.3 Å². The Morgan fingerprint density at radius 3 is 2.69 bits per heavy atom. The number of aliphatic hydroxyl groups excluding tert-OH is 1. The van der Waals surface area contributed by atoms with Crippen molar-refractivity contribution in [2.24, 2.45) is 5.92 Å². The molecule has 3 rings (SSSR count). The van der Waals surface area contributed by atoms with Gasteiger partial charge >= 0.3 is 6.18 Å². The maximum absolute atomic E-state index is 13.0. The summed E-state index contributed by atoms with van der Waals surface area (Å²) in [5.74, 6) is 1.04. The van der Waals surface area contributed by atoms with Gasteiger partial charge < -0.3 is 10.0 Å². The first-order chi connectivity index (χ1) is 12.2. The fraction of sp³-hybridized carbons (Fsp3) is 0.625. The van der Waals surface area contributed by atoms with E-state index < -0.39 is 17.8 Å². The lowest BCUT2D eigenvalue weighted by molar-refractivity contribution is -0.137. The molecular weight excluding hydrogens is 389 g/mol. The molecule has 0 spiro atoms. The minimum atomic E-state index is -4.51. The second kappa shape index (κ2) is 7.92. The Morgan fingerprint density at radius 2 is 2.04 bits per heavy atom. The van der Waals surface area contributed by atoms with E-state index in [0.717, 1.165) is 38.2 Å². The Kier molecular flexibility index (Phi) is 6.01. The van der Waals surface area contributed by atoms with Gasteiger partial charge in [0.05, 0.1) is 16.7 Å². The number of alkyl halides is 3. The molecule has 26 heavy (non-hydrogen) atoms. The summed E-state index contributed by atoms with van der Waals surface area (Å²) in [7, 11) is 0. The zero-order valence-corrected chi connectivity index (χ0v) is 15.8. The fourth-order valence-electron chi connectivity index (χ4n) is 2.95. The minimum Gasteiger partial charge on any atom is -0.391 e. The predicted octanol–water partition coefficient (Wildman–Crippen LogP) is 3.59. The van der Waals surface area contributed by atoms with Gasteiger partial charge in [-0.25, -0.2) is 0 Å². The highest BCUT2D eigenvalue weighted by Gasteiger charge is 2.32. The van der Waals surface area contributed by atoms with Crippen molar-refractivity contribution in [2.75, 3.05) is 25.4 Å². The first-order valence-electron chi connectivity index (χ1n) is 8.38. The first-order valence-corrected chi connectivity index (χ1v) is 9.75. The van der Waals surface area contributed by atoms with Crippen molar-refractivity contribution in [2.45, 2.75) is 37.2 Å². The molecule has 1 fully saturated rings. The Labute approximate surface area is 158 Å². The third-order valence-electron chi connectivity index (χ3n) is 4.51. The number of β-amino-alcohol motifs (C(OH)–C–C–N with tert-alkyl or cyclic N) is 1. The van der Waals surface area contributed by atoms with Gasteiger partial charge in [-0.15, -0.1) is 10.2 Å². The van der Waals surface area contributed by atoms with Gasteiger partial charge in [-0.3, -0.25) is 4.40 Å². The number of fused-ring (bicyclic) bond motifs is 1. The minimum absolute atomic E-state index is 0.109. The third kappa shape index (κ3) is 4.62. The number of aromatic nitrogens is 3. The SMILES string of the molecule is CC1CCN(CC(O)CSc2nnc3c(Cl)cc(C(F)(F)F)cn23)CC1. The number of pyridine rings is 1.